The third-order valence-electron chi connectivity index (χ3n) is 13.9. The van der Waals surface area contributed by atoms with Crippen LogP contribution in [0, 0.1) is 57.7 Å². The largest absolute Gasteiger partial charge is 0.462 e. The van der Waals surface area contributed by atoms with E-state index in [9.17, 15) is 38.7 Å². The molecule has 4 saturated carbocycles. The van der Waals surface area contributed by atoms with E-state index in [1.54, 1.807) is 26.8 Å². The lowest BCUT2D eigenvalue weighted by Gasteiger charge is -2.63. The van der Waals surface area contributed by atoms with Crippen LogP contribution in [0.5, 0.6) is 0 Å². The zero-order valence-corrected chi connectivity index (χ0v) is 29.5. The molecule has 7 aliphatic rings. The Bertz CT molecular complexity index is 1660. The number of allylic oxidation sites excluding steroid dienone is 1. The number of carbonyl (C=O) groups is 7. The van der Waals surface area contributed by atoms with Crippen LogP contribution >= 0.6 is 0 Å². The number of Topliss-reactive ketones (excluding diaryl/α,β-unsaturated/α-hetero) is 2. The molecule has 2 saturated heterocycles. The number of aliphatic hydroxyl groups is 1. The number of ether oxygens (including phenoxy) is 6. The van der Waals surface area contributed by atoms with Gasteiger partial charge < -0.3 is 33.5 Å². The summed E-state index contributed by atoms with van der Waals surface area (Å²) in [6.45, 7) is 13.1. The Morgan fingerprint density at radius 1 is 0.740 bits per heavy atom. The number of ketones is 2. The summed E-state index contributed by atoms with van der Waals surface area (Å²) in [5.74, 6) is -11.7. The van der Waals surface area contributed by atoms with E-state index in [1.165, 1.54) is 34.6 Å². The summed E-state index contributed by atoms with van der Waals surface area (Å²) in [6.07, 6.45) is -4.08. The van der Waals surface area contributed by atoms with Gasteiger partial charge in [-0.3, -0.25) is 28.8 Å². The van der Waals surface area contributed by atoms with Crippen LogP contribution in [-0.4, -0.2) is 88.7 Å². The van der Waals surface area contributed by atoms with Crippen LogP contribution in [0.25, 0.3) is 0 Å². The van der Waals surface area contributed by atoms with Gasteiger partial charge >= 0.3 is 29.8 Å². The first-order valence-electron chi connectivity index (χ1n) is 17.2. The van der Waals surface area contributed by atoms with Crippen molar-refractivity contribution in [1.29, 1.82) is 0 Å². The lowest BCUT2D eigenvalue weighted by atomic mass is 9.41. The molecule has 0 bridgehead atoms. The van der Waals surface area contributed by atoms with Crippen LogP contribution in [0.1, 0.15) is 68.7 Å². The van der Waals surface area contributed by atoms with Crippen molar-refractivity contribution in [3.8, 4) is 0 Å². The fourth-order valence-electron chi connectivity index (χ4n) is 12.0. The average Bonchev–Trinajstić information content (AvgIpc) is 3.68. The monoisotopic (exact) mass is 700 g/mol. The molecule has 2 heterocycles. The Hall–Kier alpha value is -3.65. The van der Waals surface area contributed by atoms with Gasteiger partial charge in [-0.2, -0.15) is 0 Å². The van der Waals surface area contributed by atoms with Crippen molar-refractivity contribution in [3.05, 3.63) is 11.8 Å². The highest BCUT2D eigenvalue weighted by molar-refractivity contribution is 6.40. The summed E-state index contributed by atoms with van der Waals surface area (Å²) < 4.78 is 36.0. The molecule has 17 atom stereocenters. The molecule has 7 rings (SSSR count). The molecule has 0 unspecified atom stereocenters. The van der Waals surface area contributed by atoms with E-state index in [1.807, 2.05) is 6.92 Å². The summed E-state index contributed by atoms with van der Waals surface area (Å²) in [7, 11) is 0. The SMILES string of the molecule is CC(=O)O[C@@H]1[C@@H]2[C@H]3C(=O)C(=O)[C@@H]4C[C@@H]5O[C@@H]5[C@H](OC(C)=O)[C@]4(C)[C@H]3[C@H](OC(C)=O)[C@H](OC(C)=O)[C@]2(C)[C@@H]2[C@@H]1[C@]1(C)C(=C[C@H]2C)OC(=O)[C@@]1(C)O. The molecule has 5 aliphatic carbocycles. The fourth-order valence-corrected chi connectivity index (χ4v) is 12.0. The van der Waals surface area contributed by atoms with E-state index in [4.69, 9.17) is 28.4 Å². The minimum atomic E-state index is -2.12. The number of epoxide rings is 1. The van der Waals surface area contributed by atoms with E-state index >= 15 is 0 Å². The average molecular weight is 701 g/mol. The zero-order valence-electron chi connectivity index (χ0n) is 29.5. The summed E-state index contributed by atoms with van der Waals surface area (Å²) in [5, 5.41) is 11.9. The van der Waals surface area contributed by atoms with Gasteiger partial charge in [-0.15, -0.1) is 0 Å². The van der Waals surface area contributed by atoms with Crippen molar-refractivity contribution in [1.82, 2.24) is 0 Å². The van der Waals surface area contributed by atoms with Gasteiger partial charge in [0.2, 0.25) is 11.6 Å². The standard InChI is InChI=1S/C36H44O14/c1-12-10-19-35(8,36(9,44)32(43)50-19)24-21(12)34(7)22(28(24)45-13(2)37)20-23(29(46-14(3)38)31(34)48-16(5)40)33(6)17(25(41)26(20)42)11-18-27(49-18)30(33)47-15(4)39/h10,12,17-18,20-24,27-31,44H,11H2,1-9H3/t12-,17+,18+,20-,21+,22+,23-,24+,27+,28-,29+,30+,31+,33+,34-,35+,36-/m1/s1. The van der Waals surface area contributed by atoms with E-state index in [-0.39, 0.29) is 12.2 Å². The quantitative estimate of drug-likeness (QED) is 0.192. The molecule has 14 nitrogen and oxygen atoms in total. The maximum Gasteiger partial charge on any atom is 0.343 e. The van der Waals surface area contributed by atoms with Crippen molar-refractivity contribution >= 4 is 41.4 Å². The predicted octanol–water partition coefficient (Wildman–Crippen LogP) is 1.62. The van der Waals surface area contributed by atoms with Gasteiger partial charge in [-0.05, 0) is 38.2 Å². The van der Waals surface area contributed by atoms with E-state index in [2.05, 4.69) is 0 Å². The number of hydrogen-bond acceptors (Lipinski definition) is 14. The summed E-state index contributed by atoms with van der Waals surface area (Å²) in [5.41, 5.74) is -6.40. The molecule has 0 amide bonds. The van der Waals surface area contributed by atoms with Gasteiger partial charge in [0.25, 0.3) is 0 Å². The smallest absolute Gasteiger partial charge is 0.343 e. The zero-order chi connectivity index (χ0) is 36.8. The summed E-state index contributed by atoms with van der Waals surface area (Å²) >= 11 is 0. The highest BCUT2D eigenvalue weighted by Crippen LogP contribution is 2.75. The van der Waals surface area contributed by atoms with E-state index in [0.717, 1.165) is 0 Å². The van der Waals surface area contributed by atoms with Crippen molar-refractivity contribution in [2.75, 3.05) is 0 Å². The lowest BCUT2D eigenvalue weighted by molar-refractivity contribution is -0.255. The molecule has 1 N–H and O–H groups in total. The van der Waals surface area contributed by atoms with Gasteiger partial charge in [0.05, 0.1) is 11.5 Å². The number of fused-ring (bicyclic) bond motifs is 10. The van der Waals surface area contributed by atoms with Crippen LogP contribution in [0.3, 0.4) is 0 Å². The minimum Gasteiger partial charge on any atom is -0.462 e. The van der Waals surface area contributed by atoms with Crippen LogP contribution in [0.4, 0.5) is 0 Å². The topological polar surface area (TPSA) is 198 Å². The second kappa shape index (κ2) is 10.7. The second-order valence-corrected chi connectivity index (χ2v) is 16.3. The van der Waals surface area contributed by atoms with Crippen LogP contribution in [0.15, 0.2) is 11.8 Å². The van der Waals surface area contributed by atoms with Gasteiger partial charge in [0, 0.05) is 68.1 Å². The Morgan fingerprint density at radius 3 is 1.86 bits per heavy atom. The first-order valence-corrected chi connectivity index (χ1v) is 17.2. The molecule has 0 aromatic carbocycles. The molecule has 0 aromatic heterocycles. The van der Waals surface area contributed by atoms with E-state index < -0.39 is 141 Å². The van der Waals surface area contributed by atoms with Crippen molar-refractivity contribution in [3.63, 3.8) is 0 Å². The molecular weight excluding hydrogens is 656 g/mol. The Labute approximate surface area is 288 Å². The van der Waals surface area contributed by atoms with Crippen molar-refractivity contribution < 1.29 is 67.1 Å². The maximum atomic E-state index is 14.8. The van der Waals surface area contributed by atoms with Gasteiger partial charge in [-0.25, -0.2) is 4.79 Å². The Morgan fingerprint density at radius 2 is 1.28 bits per heavy atom. The summed E-state index contributed by atoms with van der Waals surface area (Å²) in [6, 6.07) is 0. The molecule has 2 aliphatic heterocycles. The number of hydrogen-bond donors (Lipinski definition) is 1. The van der Waals surface area contributed by atoms with Crippen LogP contribution < -0.4 is 0 Å². The normalized spacial score (nSPS) is 50.9. The van der Waals surface area contributed by atoms with Crippen LogP contribution in [0.2, 0.25) is 0 Å². The van der Waals surface area contributed by atoms with Gasteiger partial charge in [-0.1, -0.05) is 20.8 Å². The van der Waals surface area contributed by atoms with Crippen LogP contribution in [-0.2, 0) is 62.0 Å². The molecule has 14 heteroatoms. The number of carbonyl (C=O) groups excluding carboxylic acids is 7. The summed E-state index contributed by atoms with van der Waals surface area (Å²) in [4.78, 5) is 94.3. The molecule has 6 fully saturated rings. The molecule has 0 aromatic rings. The first-order chi connectivity index (χ1) is 23.1. The number of rotatable bonds is 4. The molecular formula is C36H44O14. The molecule has 0 radical (unpaired) electrons. The second-order valence-electron chi connectivity index (χ2n) is 16.3. The molecule has 272 valence electrons. The Balaban J connectivity index is 1.54. The lowest BCUT2D eigenvalue weighted by Crippen LogP contribution is -2.74. The maximum absolute atomic E-state index is 14.8. The minimum absolute atomic E-state index is 0.156. The Kier molecular flexibility index (Phi) is 7.44. The first kappa shape index (κ1) is 34.8. The third kappa shape index (κ3) is 4.17. The highest BCUT2D eigenvalue weighted by atomic mass is 16.6. The van der Waals surface area contributed by atoms with Crippen molar-refractivity contribution in [2.24, 2.45) is 57.7 Å². The van der Waals surface area contributed by atoms with Gasteiger partial charge in [0.15, 0.2) is 5.60 Å². The van der Waals surface area contributed by atoms with Gasteiger partial charge in [0.1, 0.15) is 36.3 Å². The molecule has 0 spiro atoms. The van der Waals surface area contributed by atoms with Crippen molar-refractivity contribution in [2.45, 2.75) is 111 Å². The third-order valence-corrected chi connectivity index (χ3v) is 13.9. The fraction of sp³-hybridized carbons (Fsp3) is 0.750. The predicted molar refractivity (Wildman–Crippen MR) is 165 cm³/mol. The highest BCUT2D eigenvalue weighted by Gasteiger charge is 2.84. The van der Waals surface area contributed by atoms with E-state index in [0.29, 0.717) is 0 Å². The molecule has 50 heavy (non-hydrogen) atoms. The number of esters is 5.